The normalized spacial score (nSPS) is 11.6. The van der Waals surface area contributed by atoms with Gasteiger partial charge in [0.15, 0.2) is 23.1 Å². The quantitative estimate of drug-likeness (QED) is 0.574. The van der Waals surface area contributed by atoms with Crippen molar-refractivity contribution in [2.75, 3.05) is 19.5 Å². The maximum absolute atomic E-state index is 14.7. The fraction of sp³-hybridized carbons (Fsp3) is 0.235. The number of rotatable bonds is 6. The van der Waals surface area contributed by atoms with E-state index in [1.165, 1.54) is 26.4 Å². The Morgan fingerprint density at radius 2 is 2.04 bits per heavy atom. The molecular formula is C17H16Cl2FN3O3. The van der Waals surface area contributed by atoms with Crippen molar-refractivity contribution in [3.63, 3.8) is 0 Å². The van der Waals surface area contributed by atoms with Gasteiger partial charge >= 0.3 is 5.97 Å². The third-order valence-electron chi connectivity index (χ3n) is 3.44. The van der Waals surface area contributed by atoms with Gasteiger partial charge in [0, 0.05) is 6.04 Å². The molecule has 9 heteroatoms. The van der Waals surface area contributed by atoms with Gasteiger partial charge in [-0.25, -0.2) is 19.2 Å². The van der Waals surface area contributed by atoms with Gasteiger partial charge in [-0.05, 0) is 19.1 Å². The van der Waals surface area contributed by atoms with Crippen LogP contribution in [-0.4, -0.2) is 36.2 Å². The molecule has 0 spiro atoms. The van der Waals surface area contributed by atoms with Crippen LogP contribution in [0.25, 0.3) is 11.4 Å². The standard InChI is InChI=1S/C17H16Cl2FN3O3/c1-5-8(2)21-16-11(19)13(17(24)26-4)22-15(23-16)9-6-7-10(18)14(25-3)12(9)20/h5-8H,1H2,2-4H3,(H,21,22,23). The smallest absolute Gasteiger partial charge is 0.358 e. The lowest BCUT2D eigenvalue weighted by molar-refractivity contribution is 0.0594. The maximum atomic E-state index is 14.7. The molecule has 0 aliphatic heterocycles. The summed E-state index contributed by atoms with van der Waals surface area (Å²) in [5.41, 5.74) is -0.214. The number of carbonyl (C=O) groups is 1. The van der Waals surface area contributed by atoms with Crippen LogP contribution < -0.4 is 10.1 Å². The van der Waals surface area contributed by atoms with Crippen molar-refractivity contribution in [1.29, 1.82) is 0 Å². The fourth-order valence-corrected chi connectivity index (χ4v) is 2.50. The van der Waals surface area contributed by atoms with E-state index in [0.717, 1.165) is 0 Å². The van der Waals surface area contributed by atoms with Gasteiger partial charge in [-0.15, -0.1) is 6.58 Å². The first-order valence-electron chi connectivity index (χ1n) is 7.41. The minimum absolute atomic E-state index is 0.0117. The molecule has 1 heterocycles. The van der Waals surface area contributed by atoms with Crippen molar-refractivity contribution in [3.8, 4) is 17.1 Å². The number of halogens is 3. The Bertz CT molecular complexity index is 862. The Kier molecular flexibility index (Phi) is 6.39. The molecule has 0 saturated heterocycles. The van der Waals surface area contributed by atoms with Gasteiger partial charge in [-0.2, -0.15) is 0 Å². The van der Waals surface area contributed by atoms with E-state index in [9.17, 15) is 9.18 Å². The van der Waals surface area contributed by atoms with Crippen molar-refractivity contribution >= 4 is 35.0 Å². The van der Waals surface area contributed by atoms with Crippen molar-refractivity contribution in [3.05, 3.63) is 46.3 Å². The molecule has 0 aliphatic carbocycles. The Hall–Kier alpha value is -2.38. The van der Waals surface area contributed by atoms with Gasteiger partial charge in [0.1, 0.15) is 10.8 Å². The van der Waals surface area contributed by atoms with Crippen molar-refractivity contribution in [2.45, 2.75) is 13.0 Å². The van der Waals surface area contributed by atoms with E-state index in [1.54, 1.807) is 13.0 Å². The summed E-state index contributed by atoms with van der Waals surface area (Å²) in [5.74, 6) is -1.65. The molecule has 0 amide bonds. The fourth-order valence-electron chi connectivity index (χ4n) is 2.06. The third-order valence-corrected chi connectivity index (χ3v) is 4.10. The van der Waals surface area contributed by atoms with Crippen LogP contribution in [0.3, 0.4) is 0 Å². The summed E-state index contributed by atoms with van der Waals surface area (Å²) >= 11 is 12.1. The minimum atomic E-state index is -0.783. The van der Waals surface area contributed by atoms with Crippen LogP contribution in [0.15, 0.2) is 24.8 Å². The maximum Gasteiger partial charge on any atom is 0.358 e. The summed E-state index contributed by atoms with van der Waals surface area (Å²) in [6.07, 6.45) is 1.61. The summed E-state index contributed by atoms with van der Waals surface area (Å²) in [6, 6.07) is 2.60. The van der Waals surface area contributed by atoms with E-state index >= 15 is 0 Å². The first-order chi connectivity index (χ1) is 12.3. The topological polar surface area (TPSA) is 73.3 Å². The first-order valence-corrected chi connectivity index (χ1v) is 8.16. The highest BCUT2D eigenvalue weighted by Gasteiger charge is 2.23. The van der Waals surface area contributed by atoms with E-state index < -0.39 is 11.8 Å². The molecule has 1 aromatic carbocycles. The number of ether oxygens (including phenoxy) is 2. The largest absolute Gasteiger partial charge is 0.492 e. The van der Waals surface area contributed by atoms with Gasteiger partial charge < -0.3 is 14.8 Å². The van der Waals surface area contributed by atoms with Crippen molar-refractivity contribution in [2.24, 2.45) is 0 Å². The number of aromatic nitrogens is 2. The Morgan fingerprint density at radius 1 is 1.35 bits per heavy atom. The number of methoxy groups -OCH3 is 2. The SMILES string of the molecule is C=CC(C)Nc1nc(-c2ccc(Cl)c(OC)c2F)nc(C(=O)OC)c1Cl. The molecule has 6 nitrogen and oxygen atoms in total. The zero-order valence-corrected chi connectivity index (χ0v) is 15.8. The molecule has 138 valence electrons. The number of carbonyl (C=O) groups excluding carboxylic acids is 1. The zero-order valence-electron chi connectivity index (χ0n) is 14.3. The lowest BCUT2D eigenvalue weighted by Crippen LogP contribution is -2.16. The number of anilines is 1. The van der Waals surface area contributed by atoms with Crippen molar-refractivity contribution in [1.82, 2.24) is 9.97 Å². The van der Waals surface area contributed by atoms with E-state index in [1.807, 2.05) is 0 Å². The van der Waals surface area contributed by atoms with Crippen LogP contribution in [0.1, 0.15) is 17.4 Å². The van der Waals surface area contributed by atoms with Gasteiger partial charge in [0.05, 0.1) is 24.8 Å². The summed E-state index contributed by atoms with van der Waals surface area (Å²) in [6.45, 7) is 5.46. The van der Waals surface area contributed by atoms with E-state index in [2.05, 4.69) is 26.6 Å². The lowest BCUT2D eigenvalue weighted by Gasteiger charge is -2.15. The number of esters is 1. The molecule has 1 aromatic heterocycles. The number of benzene rings is 1. The summed E-state index contributed by atoms with van der Waals surface area (Å²) in [5, 5.41) is 3.01. The molecule has 0 radical (unpaired) electrons. The molecule has 2 aromatic rings. The number of hydrogen-bond donors (Lipinski definition) is 1. The van der Waals surface area contributed by atoms with E-state index in [4.69, 9.17) is 27.9 Å². The van der Waals surface area contributed by atoms with Crippen LogP contribution in [0.2, 0.25) is 10.0 Å². The predicted molar refractivity (Wildman–Crippen MR) is 98.6 cm³/mol. The Labute approximate surface area is 160 Å². The molecule has 1 unspecified atom stereocenters. The highest BCUT2D eigenvalue weighted by Crippen LogP contribution is 2.35. The van der Waals surface area contributed by atoms with Gasteiger partial charge in [0.2, 0.25) is 0 Å². The monoisotopic (exact) mass is 399 g/mol. The molecule has 0 saturated carbocycles. The summed E-state index contributed by atoms with van der Waals surface area (Å²) in [7, 11) is 2.47. The zero-order chi connectivity index (χ0) is 19.4. The first kappa shape index (κ1) is 19.9. The Morgan fingerprint density at radius 3 is 2.62 bits per heavy atom. The molecule has 2 rings (SSSR count). The second-order valence-electron chi connectivity index (χ2n) is 5.16. The van der Waals surface area contributed by atoms with Crippen LogP contribution in [0, 0.1) is 5.82 Å². The minimum Gasteiger partial charge on any atom is -0.492 e. The second kappa shape index (κ2) is 8.33. The van der Waals surface area contributed by atoms with E-state index in [-0.39, 0.29) is 44.7 Å². The molecular weight excluding hydrogens is 384 g/mol. The Balaban J connectivity index is 2.71. The molecule has 0 aliphatic rings. The van der Waals surface area contributed by atoms with Crippen LogP contribution in [0.4, 0.5) is 10.2 Å². The number of nitrogens with one attached hydrogen (secondary N) is 1. The highest BCUT2D eigenvalue weighted by atomic mass is 35.5. The third kappa shape index (κ3) is 3.89. The number of hydrogen-bond acceptors (Lipinski definition) is 6. The lowest BCUT2D eigenvalue weighted by atomic mass is 10.1. The summed E-state index contributed by atoms with van der Waals surface area (Å²) < 4.78 is 24.4. The molecule has 1 atom stereocenters. The van der Waals surface area contributed by atoms with Crippen LogP contribution >= 0.6 is 23.2 Å². The second-order valence-corrected chi connectivity index (χ2v) is 5.95. The summed E-state index contributed by atoms with van der Waals surface area (Å²) in [4.78, 5) is 20.3. The number of nitrogens with zero attached hydrogens (tertiary/aromatic N) is 2. The van der Waals surface area contributed by atoms with Crippen molar-refractivity contribution < 1.29 is 18.7 Å². The van der Waals surface area contributed by atoms with Gasteiger partial charge in [-0.3, -0.25) is 0 Å². The van der Waals surface area contributed by atoms with Crippen LogP contribution in [-0.2, 0) is 4.74 Å². The molecule has 1 N–H and O–H groups in total. The van der Waals surface area contributed by atoms with Gasteiger partial charge in [0.25, 0.3) is 0 Å². The average Bonchev–Trinajstić information content (AvgIpc) is 2.63. The van der Waals surface area contributed by atoms with Crippen LogP contribution in [0.5, 0.6) is 5.75 Å². The molecule has 0 fully saturated rings. The average molecular weight is 400 g/mol. The van der Waals surface area contributed by atoms with E-state index in [0.29, 0.717) is 0 Å². The highest BCUT2D eigenvalue weighted by molar-refractivity contribution is 6.35. The van der Waals surface area contributed by atoms with Gasteiger partial charge in [-0.1, -0.05) is 29.3 Å². The molecule has 26 heavy (non-hydrogen) atoms. The predicted octanol–water partition coefficient (Wildman–Crippen LogP) is 4.37. The molecule has 0 bridgehead atoms.